The van der Waals surface area contributed by atoms with Crippen molar-refractivity contribution in [2.24, 2.45) is 0 Å². The van der Waals surface area contributed by atoms with Crippen LogP contribution in [-0.4, -0.2) is 34.0 Å². The molecule has 0 fully saturated rings. The van der Waals surface area contributed by atoms with Gasteiger partial charge in [-0.05, 0) is 74.2 Å². The molecule has 0 bridgehead atoms. The van der Waals surface area contributed by atoms with Gasteiger partial charge in [0.15, 0.2) is 0 Å². The van der Waals surface area contributed by atoms with Gasteiger partial charge in [-0.25, -0.2) is 4.39 Å². The van der Waals surface area contributed by atoms with Crippen LogP contribution in [0.15, 0.2) is 72.8 Å². The second-order valence-corrected chi connectivity index (χ2v) is 12.9. The number of hydrogen-bond donors (Lipinski definition) is 1. The number of aryl methyl sites for hydroxylation is 2. The molecule has 0 saturated heterocycles. The highest BCUT2D eigenvalue weighted by atomic mass is 32.2. The van der Waals surface area contributed by atoms with Crippen molar-refractivity contribution in [3.8, 4) is 28.4 Å². The fourth-order valence-electron chi connectivity index (χ4n) is 5.39. The first-order valence-electron chi connectivity index (χ1n) is 14.1. The number of carbonyl (C=O) groups excluding carboxylic acids is 1. The number of nitrogens with one attached hydrogen (secondary N) is 1. The zero-order valence-corrected chi connectivity index (χ0v) is 26.3. The number of hydrogen-bond acceptors (Lipinski definition) is 7. The largest absolute Gasteiger partial charge is 0.496 e. The fourth-order valence-corrected chi connectivity index (χ4v) is 6.55. The number of amides is 1. The number of halogens is 1. The Morgan fingerprint density at radius 1 is 0.909 bits per heavy atom. The molecule has 0 unspecified atom stereocenters. The summed E-state index contributed by atoms with van der Waals surface area (Å²) in [6.45, 7) is 7.30. The van der Waals surface area contributed by atoms with Crippen LogP contribution in [0.4, 0.5) is 15.8 Å². The van der Waals surface area contributed by atoms with E-state index in [0.717, 1.165) is 16.8 Å². The van der Waals surface area contributed by atoms with Gasteiger partial charge in [-0.1, -0.05) is 36.4 Å². The number of methoxy groups -OCH3 is 1. The van der Waals surface area contributed by atoms with Crippen LogP contribution in [0.3, 0.4) is 0 Å². The third kappa shape index (κ3) is 6.21. The molecule has 8 nitrogen and oxygen atoms in total. The Morgan fingerprint density at radius 3 is 2.36 bits per heavy atom. The van der Waals surface area contributed by atoms with Gasteiger partial charge in [0.05, 0.1) is 18.5 Å². The van der Waals surface area contributed by atoms with Crippen LogP contribution < -0.4 is 23.9 Å². The van der Waals surface area contributed by atoms with E-state index in [4.69, 9.17) is 13.7 Å². The van der Waals surface area contributed by atoms with Crippen molar-refractivity contribution in [1.82, 2.24) is 0 Å². The molecule has 1 N–H and O–H groups in total. The molecule has 44 heavy (non-hydrogen) atoms. The van der Waals surface area contributed by atoms with Crippen molar-refractivity contribution >= 4 is 27.4 Å². The smallest absolute Gasteiger partial charge is 0.313 e. The van der Waals surface area contributed by atoms with Crippen molar-refractivity contribution in [3.63, 3.8) is 0 Å². The predicted molar refractivity (Wildman–Crippen MR) is 169 cm³/mol. The summed E-state index contributed by atoms with van der Waals surface area (Å²) in [4.78, 5) is 14.9. The third-order valence-corrected chi connectivity index (χ3v) is 8.82. The molecule has 4 aromatic rings. The predicted octanol–water partition coefficient (Wildman–Crippen LogP) is 6.77. The minimum Gasteiger partial charge on any atom is -0.496 e. The number of carbonyl (C=O) groups is 1. The molecule has 0 atom stereocenters. The van der Waals surface area contributed by atoms with Crippen LogP contribution in [0.5, 0.6) is 17.2 Å². The topological polar surface area (TPSA) is 94.2 Å². The summed E-state index contributed by atoms with van der Waals surface area (Å²) >= 11 is 0. The lowest BCUT2D eigenvalue weighted by molar-refractivity contribution is -0.121. The number of rotatable bonds is 9. The van der Waals surface area contributed by atoms with E-state index in [9.17, 15) is 17.6 Å². The third-order valence-electron chi connectivity index (χ3n) is 7.71. The maximum atomic E-state index is 14.1. The van der Waals surface area contributed by atoms with Gasteiger partial charge in [0.2, 0.25) is 0 Å². The fraction of sp³-hybridized carbons (Fsp3) is 0.265. The van der Waals surface area contributed by atoms with Gasteiger partial charge < -0.3 is 23.9 Å². The summed E-state index contributed by atoms with van der Waals surface area (Å²) in [6.07, 6.45) is 0. The number of nitrogens with zero attached hydrogens (tertiary/aromatic N) is 1. The Labute approximate surface area is 257 Å². The van der Waals surface area contributed by atoms with Gasteiger partial charge >= 0.3 is 10.1 Å². The Kier molecular flexibility index (Phi) is 8.31. The lowest BCUT2D eigenvalue weighted by atomic mass is 9.91. The van der Waals surface area contributed by atoms with E-state index in [1.54, 1.807) is 42.3 Å². The van der Waals surface area contributed by atoms with Crippen molar-refractivity contribution in [2.75, 3.05) is 24.4 Å². The molecule has 0 aromatic heterocycles. The SMILES string of the molecule is COc1cc(OS(=O)(=O)Cc2ccccc2C)ccc1-c1ccc2c(c1COc1cc(F)ccc1C)N(C)C(=O)C(C)(C)N2. The molecule has 1 aliphatic rings. The number of ether oxygens (including phenoxy) is 2. The highest BCUT2D eigenvalue weighted by molar-refractivity contribution is 7.86. The monoisotopic (exact) mass is 618 g/mol. The summed E-state index contributed by atoms with van der Waals surface area (Å²) < 4.78 is 57.3. The highest BCUT2D eigenvalue weighted by Crippen LogP contribution is 2.45. The zero-order valence-electron chi connectivity index (χ0n) is 25.5. The average molecular weight is 619 g/mol. The normalized spacial score (nSPS) is 14.1. The molecule has 4 aromatic carbocycles. The van der Waals surface area contributed by atoms with Crippen molar-refractivity contribution in [3.05, 3.63) is 101 Å². The number of anilines is 2. The van der Waals surface area contributed by atoms with Crippen LogP contribution in [-0.2, 0) is 27.3 Å². The number of likely N-dealkylation sites (N-methyl/N-ethyl adjacent to an activating group) is 1. The molecule has 10 heteroatoms. The standard InChI is InChI=1S/C34H35FN2O6S/c1-21-9-7-8-10-23(21)20-44(39,40)43-25-13-14-27(31(18-25)41-6)26-15-16-29-32(37(5)33(38)34(3,4)36-29)28(26)19-42-30-17-24(35)12-11-22(30)2/h7-18,36H,19-20H2,1-6H3. The van der Waals surface area contributed by atoms with Gasteiger partial charge in [-0.3, -0.25) is 4.79 Å². The van der Waals surface area contributed by atoms with Gasteiger partial charge in [0.1, 0.15) is 41.0 Å². The average Bonchev–Trinajstić information content (AvgIpc) is 2.97. The molecule has 0 spiro atoms. The summed E-state index contributed by atoms with van der Waals surface area (Å²) in [5.74, 6) is -0.0116. The molecule has 0 aliphatic carbocycles. The minimum atomic E-state index is -3.96. The maximum Gasteiger partial charge on any atom is 0.313 e. The Balaban J connectivity index is 1.55. The van der Waals surface area contributed by atoms with E-state index in [1.807, 2.05) is 52.0 Å². The summed E-state index contributed by atoms with van der Waals surface area (Å²) in [6, 6.07) is 20.1. The molecule has 5 rings (SSSR count). The van der Waals surface area contributed by atoms with E-state index >= 15 is 0 Å². The second kappa shape index (κ2) is 11.8. The van der Waals surface area contributed by atoms with E-state index in [1.165, 1.54) is 25.3 Å². The lowest BCUT2D eigenvalue weighted by Crippen LogP contribution is -2.52. The van der Waals surface area contributed by atoms with Crippen molar-refractivity contribution in [1.29, 1.82) is 0 Å². The Morgan fingerprint density at radius 2 is 1.64 bits per heavy atom. The molecule has 230 valence electrons. The van der Waals surface area contributed by atoms with E-state index in [2.05, 4.69) is 5.32 Å². The van der Waals surface area contributed by atoms with Crippen LogP contribution in [0.25, 0.3) is 11.1 Å². The first kappa shape index (κ1) is 30.9. The molecule has 0 saturated carbocycles. The summed E-state index contributed by atoms with van der Waals surface area (Å²) in [5, 5.41) is 3.32. The number of benzene rings is 4. The Bertz CT molecular complexity index is 1850. The minimum absolute atomic E-state index is 0.00867. The molecule has 1 amide bonds. The van der Waals surface area contributed by atoms with Crippen LogP contribution in [0, 0.1) is 19.7 Å². The van der Waals surface area contributed by atoms with E-state index in [-0.39, 0.29) is 24.0 Å². The van der Waals surface area contributed by atoms with Crippen LogP contribution >= 0.6 is 0 Å². The van der Waals surface area contributed by atoms with E-state index in [0.29, 0.717) is 39.4 Å². The number of fused-ring (bicyclic) bond motifs is 1. The highest BCUT2D eigenvalue weighted by Gasteiger charge is 2.39. The Hall–Kier alpha value is -4.57. The van der Waals surface area contributed by atoms with Crippen LogP contribution in [0.1, 0.15) is 36.1 Å². The second-order valence-electron chi connectivity index (χ2n) is 11.4. The van der Waals surface area contributed by atoms with Crippen LogP contribution in [0.2, 0.25) is 0 Å². The molecule has 0 radical (unpaired) electrons. The quantitative estimate of drug-likeness (QED) is 0.207. The van der Waals surface area contributed by atoms with Gasteiger partial charge in [-0.2, -0.15) is 8.42 Å². The first-order chi connectivity index (χ1) is 20.8. The van der Waals surface area contributed by atoms with Crippen molar-refractivity contribution < 1.29 is 31.3 Å². The molecular weight excluding hydrogens is 583 g/mol. The van der Waals surface area contributed by atoms with Gasteiger partial charge in [0.25, 0.3) is 5.91 Å². The maximum absolute atomic E-state index is 14.1. The summed E-state index contributed by atoms with van der Waals surface area (Å²) in [5.41, 5.74) is 4.74. The van der Waals surface area contributed by atoms with Crippen molar-refractivity contribution in [2.45, 2.75) is 45.6 Å². The molecule has 1 heterocycles. The molecule has 1 aliphatic heterocycles. The van der Waals surface area contributed by atoms with Gasteiger partial charge in [0, 0.05) is 30.3 Å². The zero-order chi connectivity index (χ0) is 31.8. The summed E-state index contributed by atoms with van der Waals surface area (Å²) in [7, 11) is -0.776. The first-order valence-corrected chi connectivity index (χ1v) is 15.6. The molecular formula is C34H35FN2O6S. The van der Waals surface area contributed by atoms with Gasteiger partial charge in [-0.15, -0.1) is 0 Å². The van der Waals surface area contributed by atoms with E-state index < -0.39 is 21.5 Å². The lowest BCUT2D eigenvalue weighted by Gasteiger charge is -2.39.